The molecule has 3 rings (SSSR count). The molecule has 0 atom stereocenters. The van der Waals surface area contributed by atoms with E-state index in [1.54, 1.807) is 12.1 Å². The summed E-state index contributed by atoms with van der Waals surface area (Å²) in [6.07, 6.45) is 1.85. The van der Waals surface area contributed by atoms with Gasteiger partial charge in [0.2, 0.25) is 0 Å². The second-order valence-corrected chi connectivity index (χ2v) is 7.91. The summed E-state index contributed by atoms with van der Waals surface area (Å²) in [7, 11) is 0. The monoisotopic (exact) mass is 404 g/mol. The van der Waals surface area contributed by atoms with Gasteiger partial charge in [0, 0.05) is 21.0 Å². The van der Waals surface area contributed by atoms with Gasteiger partial charge in [-0.15, -0.1) is 11.3 Å². The first-order valence-electron chi connectivity index (χ1n) is 8.31. The number of carbonyl (C=O) groups excluding carboxylic acids is 1. The largest absolute Gasteiger partial charge is 0.298 e. The number of rotatable bonds is 5. The highest BCUT2D eigenvalue weighted by Gasteiger charge is 2.17. The summed E-state index contributed by atoms with van der Waals surface area (Å²) in [5, 5.41) is 4.60. The topological polar surface area (TPSA) is 42.0 Å². The molecular formula is C20H18Cl2N2OS. The summed E-state index contributed by atoms with van der Waals surface area (Å²) in [6, 6.07) is 12.8. The van der Waals surface area contributed by atoms with Gasteiger partial charge in [0.25, 0.3) is 5.91 Å². The van der Waals surface area contributed by atoms with Crippen LogP contribution in [0.25, 0.3) is 11.3 Å². The van der Waals surface area contributed by atoms with E-state index in [1.807, 2.05) is 37.3 Å². The Bertz CT molecular complexity index is 935. The average Bonchev–Trinajstić information content (AvgIpc) is 2.98. The third-order valence-corrected chi connectivity index (χ3v) is 5.47. The minimum Gasteiger partial charge on any atom is -0.298 e. The van der Waals surface area contributed by atoms with Crippen molar-refractivity contribution in [3.05, 3.63) is 68.5 Å². The number of halogens is 2. The van der Waals surface area contributed by atoms with Gasteiger partial charge in [0.05, 0.1) is 10.7 Å². The molecule has 0 bridgehead atoms. The molecule has 0 fully saturated rings. The zero-order valence-corrected chi connectivity index (χ0v) is 16.8. The van der Waals surface area contributed by atoms with Crippen LogP contribution in [0.5, 0.6) is 0 Å². The second kappa shape index (κ2) is 8.21. The maximum Gasteiger partial charge on any atom is 0.257 e. The Morgan fingerprint density at radius 2 is 1.88 bits per heavy atom. The number of benzene rings is 2. The van der Waals surface area contributed by atoms with Gasteiger partial charge in [-0.2, -0.15) is 0 Å². The first kappa shape index (κ1) is 18.9. The number of aryl methyl sites for hydroxylation is 2. The highest BCUT2D eigenvalue weighted by molar-refractivity contribution is 7.16. The second-order valence-electron chi connectivity index (χ2n) is 5.99. The highest BCUT2D eigenvalue weighted by atomic mass is 35.5. The number of amides is 1. The molecule has 2 aromatic carbocycles. The number of carbonyl (C=O) groups is 1. The van der Waals surface area contributed by atoms with Crippen LogP contribution in [-0.2, 0) is 6.42 Å². The number of aromatic nitrogens is 1. The third kappa shape index (κ3) is 4.26. The van der Waals surface area contributed by atoms with E-state index in [9.17, 15) is 4.79 Å². The molecule has 26 heavy (non-hydrogen) atoms. The molecule has 0 aliphatic carbocycles. The summed E-state index contributed by atoms with van der Waals surface area (Å²) in [6.45, 7) is 4.10. The summed E-state index contributed by atoms with van der Waals surface area (Å²) in [5.41, 5.74) is 3.35. The Balaban J connectivity index is 1.91. The molecule has 3 aromatic rings. The number of hydrogen-bond acceptors (Lipinski definition) is 3. The number of hydrogen-bond donors (Lipinski definition) is 1. The lowest BCUT2D eigenvalue weighted by Crippen LogP contribution is -2.11. The van der Waals surface area contributed by atoms with Gasteiger partial charge in [-0.25, -0.2) is 4.98 Å². The molecule has 3 nitrogen and oxygen atoms in total. The van der Waals surface area contributed by atoms with E-state index < -0.39 is 0 Å². The molecule has 0 aliphatic rings. The van der Waals surface area contributed by atoms with Crippen molar-refractivity contribution < 1.29 is 4.79 Å². The summed E-state index contributed by atoms with van der Waals surface area (Å²) in [4.78, 5) is 18.2. The molecule has 1 aromatic heterocycles. The minimum absolute atomic E-state index is 0.171. The summed E-state index contributed by atoms with van der Waals surface area (Å²) < 4.78 is 0. The molecule has 6 heteroatoms. The Hall–Kier alpha value is -1.88. The van der Waals surface area contributed by atoms with Crippen molar-refractivity contribution in [1.29, 1.82) is 0 Å². The fraction of sp³-hybridized carbons (Fsp3) is 0.200. The number of nitrogens with zero attached hydrogens (tertiary/aromatic N) is 1. The third-order valence-electron chi connectivity index (χ3n) is 3.89. The lowest BCUT2D eigenvalue weighted by atomic mass is 10.1. The lowest BCUT2D eigenvalue weighted by Gasteiger charge is -2.04. The van der Waals surface area contributed by atoms with E-state index in [1.165, 1.54) is 11.3 Å². The zero-order valence-electron chi connectivity index (χ0n) is 14.5. The van der Waals surface area contributed by atoms with Crippen LogP contribution in [0, 0.1) is 6.92 Å². The SMILES string of the molecule is CCCc1sc(NC(=O)c2ccc(C)cc2)nc1-c1ccc(Cl)cc1Cl. The fourth-order valence-electron chi connectivity index (χ4n) is 2.57. The van der Waals surface area contributed by atoms with Crippen LogP contribution < -0.4 is 5.32 Å². The van der Waals surface area contributed by atoms with Gasteiger partial charge >= 0.3 is 0 Å². The van der Waals surface area contributed by atoms with Gasteiger partial charge in [-0.1, -0.05) is 54.2 Å². The summed E-state index contributed by atoms with van der Waals surface area (Å²) in [5.74, 6) is -0.171. The van der Waals surface area contributed by atoms with E-state index >= 15 is 0 Å². The minimum atomic E-state index is -0.171. The first-order valence-corrected chi connectivity index (χ1v) is 9.88. The predicted octanol–water partition coefficient (Wildman–Crippen LogP) is 6.63. The van der Waals surface area contributed by atoms with Crippen LogP contribution in [0.15, 0.2) is 42.5 Å². The van der Waals surface area contributed by atoms with Crippen LogP contribution in [0.2, 0.25) is 10.0 Å². The van der Waals surface area contributed by atoms with Crippen molar-refractivity contribution in [1.82, 2.24) is 4.98 Å². The van der Waals surface area contributed by atoms with Gasteiger partial charge in [-0.05, 0) is 43.7 Å². The first-order chi connectivity index (χ1) is 12.5. The van der Waals surface area contributed by atoms with E-state index in [0.717, 1.165) is 34.5 Å². The molecule has 1 N–H and O–H groups in total. The molecule has 134 valence electrons. The Morgan fingerprint density at radius 3 is 2.54 bits per heavy atom. The Kier molecular flexibility index (Phi) is 5.97. The maximum absolute atomic E-state index is 12.5. The normalized spacial score (nSPS) is 10.8. The van der Waals surface area contributed by atoms with Gasteiger partial charge in [0.15, 0.2) is 5.13 Å². The highest BCUT2D eigenvalue weighted by Crippen LogP contribution is 2.37. The Labute approximate surface area is 167 Å². The Morgan fingerprint density at radius 1 is 1.15 bits per heavy atom. The standard InChI is InChI=1S/C20H18Cl2N2OS/c1-3-4-17-18(15-10-9-14(21)11-16(15)22)23-20(26-17)24-19(25)13-7-5-12(2)6-8-13/h5-11H,3-4H2,1-2H3,(H,23,24,25). The van der Waals surface area contributed by atoms with Crippen molar-refractivity contribution in [2.45, 2.75) is 26.7 Å². The molecule has 0 saturated heterocycles. The van der Waals surface area contributed by atoms with E-state index in [2.05, 4.69) is 17.2 Å². The fourth-order valence-corrected chi connectivity index (χ4v) is 4.14. The number of anilines is 1. The number of nitrogens with one attached hydrogen (secondary N) is 1. The number of thiazole rings is 1. The van der Waals surface area contributed by atoms with Crippen LogP contribution >= 0.6 is 34.5 Å². The molecule has 1 amide bonds. The average molecular weight is 405 g/mol. The van der Waals surface area contributed by atoms with Crippen molar-refractivity contribution in [2.75, 3.05) is 5.32 Å². The van der Waals surface area contributed by atoms with Crippen LogP contribution in [0.1, 0.15) is 34.1 Å². The summed E-state index contributed by atoms with van der Waals surface area (Å²) >= 11 is 13.8. The molecule has 0 aliphatic heterocycles. The quantitative estimate of drug-likeness (QED) is 0.518. The molecule has 0 unspecified atom stereocenters. The zero-order chi connectivity index (χ0) is 18.7. The van der Waals surface area contributed by atoms with Gasteiger partial charge in [0.1, 0.15) is 0 Å². The lowest BCUT2D eigenvalue weighted by molar-refractivity contribution is 0.102. The van der Waals surface area contributed by atoms with Crippen LogP contribution in [0.4, 0.5) is 5.13 Å². The van der Waals surface area contributed by atoms with E-state index in [4.69, 9.17) is 23.2 Å². The van der Waals surface area contributed by atoms with Crippen molar-refractivity contribution in [3.8, 4) is 11.3 Å². The maximum atomic E-state index is 12.5. The van der Waals surface area contributed by atoms with Crippen LogP contribution in [0.3, 0.4) is 0 Å². The van der Waals surface area contributed by atoms with E-state index in [-0.39, 0.29) is 5.91 Å². The predicted molar refractivity (Wildman–Crippen MR) is 111 cm³/mol. The van der Waals surface area contributed by atoms with Crippen molar-refractivity contribution >= 4 is 45.6 Å². The molecular weight excluding hydrogens is 387 g/mol. The van der Waals surface area contributed by atoms with Crippen molar-refractivity contribution in [3.63, 3.8) is 0 Å². The smallest absolute Gasteiger partial charge is 0.257 e. The van der Waals surface area contributed by atoms with Gasteiger partial charge < -0.3 is 0 Å². The molecule has 1 heterocycles. The molecule has 0 saturated carbocycles. The molecule has 0 spiro atoms. The molecule has 0 radical (unpaired) electrons. The van der Waals surface area contributed by atoms with Gasteiger partial charge in [-0.3, -0.25) is 10.1 Å². The van der Waals surface area contributed by atoms with Crippen LogP contribution in [-0.4, -0.2) is 10.9 Å². The van der Waals surface area contributed by atoms with E-state index in [0.29, 0.717) is 20.7 Å². The van der Waals surface area contributed by atoms with Crippen molar-refractivity contribution in [2.24, 2.45) is 0 Å².